The average molecular weight is 475 g/mol. The molecule has 0 atom stereocenters. The monoisotopic (exact) mass is 473 g/mol. The third-order valence-corrected chi connectivity index (χ3v) is 6.81. The van der Waals surface area contributed by atoms with E-state index in [0.29, 0.717) is 16.4 Å². The highest BCUT2D eigenvalue weighted by atomic mass is 79.9. The predicted octanol–water partition coefficient (Wildman–Crippen LogP) is 6.43. The van der Waals surface area contributed by atoms with Crippen molar-refractivity contribution >= 4 is 60.5 Å². The Hall–Kier alpha value is -2.15. The molecule has 0 saturated carbocycles. The summed E-state index contributed by atoms with van der Waals surface area (Å²) in [6.45, 7) is 4.49. The molecule has 4 nitrogen and oxygen atoms in total. The van der Waals surface area contributed by atoms with Crippen LogP contribution in [0, 0.1) is 13.8 Å². The van der Waals surface area contributed by atoms with Crippen LogP contribution in [0.15, 0.2) is 53.0 Å². The van der Waals surface area contributed by atoms with E-state index in [1.807, 2.05) is 54.9 Å². The molecule has 0 fully saturated rings. The number of anilines is 1. The molecule has 142 valence electrons. The lowest BCUT2D eigenvalue weighted by atomic mass is 10.2. The summed E-state index contributed by atoms with van der Waals surface area (Å²) in [6.07, 6.45) is 0. The van der Waals surface area contributed by atoms with Crippen LogP contribution in [0.25, 0.3) is 10.1 Å². The molecule has 4 rings (SSSR count). The van der Waals surface area contributed by atoms with Gasteiger partial charge in [-0.05, 0) is 37.6 Å². The second kappa shape index (κ2) is 7.70. The van der Waals surface area contributed by atoms with Crippen LogP contribution in [-0.2, 0) is 6.54 Å². The molecular formula is C21H17BrClN3OS. The number of rotatable bonds is 4. The summed E-state index contributed by atoms with van der Waals surface area (Å²) < 4.78 is 3.94. The maximum absolute atomic E-state index is 12.9. The van der Waals surface area contributed by atoms with E-state index < -0.39 is 0 Å². The molecule has 1 amide bonds. The van der Waals surface area contributed by atoms with Gasteiger partial charge in [-0.2, -0.15) is 5.10 Å². The fourth-order valence-corrected chi connectivity index (χ4v) is 4.80. The molecule has 0 saturated heterocycles. The molecule has 0 aliphatic heterocycles. The summed E-state index contributed by atoms with van der Waals surface area (Å²) in [5.41, 5.74) is 3.56. The van der Waals surface area contributed by atoms with Gasteiger partial charge < -0.3 is 5.32 Å². The van der Waals surface area contributed by atoms with Crippen LogP contribution in [-0.4, -0.2) is 15.7 Å². The van der Waals surface area contributed by atoms with Crippen LogP contribution in [0.5, 0.6) is 0 Å². The van der Waals surface area contributed by atoms with Crippen molar-refractivity contribution in [1.82, 2.24) is 9.78 Å². The summed E-state index contributed by atoms with van der Waals surface area (Å²) in [6, 6.07) is 15.9. The van der Waals surface area contributed by atoms with Crippen molar-refractivity contribution in [2.45, 2.75) is 20.4 Å². The van der Waals surface area contributed by atoms with Crippen molar-refractivity contribution in [3.8, 4) is 0 Å². The summed E-state index contributed by atoms with van der Waals surface area (Å²) >= 11 is 11.3. The van der Waals surface area contributed by atoms with Crippen LogP contribution in [0.4, 0.5) is 5.69 Å². The van der Waals surface area contributed by atoms with E-state index in [2.05, 4.69) is 38.5 Å². The van der Waals surface area contributed by atoms with Crippen molar-refractivity contribution in [1.29, 1.82) is 0 Å². The van der Waals surface area contributed by atoms with Gasteiger partial charge in [-0.25, -0.2) is 0 Å². The standard InChI is InChI=1S/C21H17BrClN3OS/c1-12-19(13(2)26(25-12)11-14-7-9-15(22)10-8-14)24-21(27)20-18(23)16-5-3-4-6-17(16)28-20/h3-10H,11H2,1-2H3,(H,24,27). The molecule has 0 spiro atoms. The number of hydrogen-bond acceptors (Lipinski definition) is 3. The maximum Gasteiger partial charge on any atom is 0.267 e. The lowest BCUT2D eigenvalue weighted by molar-refractivity contribution is 0.103. The minimum atomic E-state index is -0.208. The van der Waals surface area contributed by atoms with E-state index >= 15 is 0 Å². The van der Waals surface area contributed by atoms with E-state index in [-0.39, 0.29) is 5.91 Å². The third-order valence-electron chi connectivity index (χ3n) is 4.61. The molecule has 4 aromatic rings. The number of benzene rings is 2. The quantitative estimate of drug-likeness (QED) is 0.370. The van der Waals surface area contributed by atoms with Gasteiger partial charge in [0.2, 0.25) is 0 Å². The van der Waals surface area contributed by atoms with Gasteiger partial charge in [0.15, 0.2) is 0 Å². The van der Waals surface area contributed by atoms with Gasteiger partial charge in [-0.3, -0.25) is 9.48 Å². The summed E-state index contributed by atoms with van der Waals surface area (Å²) in [7, 11) is 0. The molecule has 2 aromatic carbocycles. The highest BCUT2D eigenvalue weighted by Gasteiger charge is 2.20. The first-order valence-electron chi connectivity index (χ1n) is 8.71. The zero-order valence-electron chi connectivity index (χ0n) is 15.3. The Labute approximate surface area is 180 Å². The van der Waals surface area contributed by atoms with Crippen LogP contribution in [0.3, 0.4) is 0 Å². The largest absolute Gasteiger partial charge is 0.318 e. The Balaban J connectivity index is 1.60. The van der Waals surface area contributed by atoms with Gasteiger partial charge in [0.1, 0.15) is 4.88 Å². The van der Waals surface area contributed by atoms with Crippen LogP contribution in [0.1, 0.15) is 26.6 Å². The lowest BCUT2D eigenvalue weighted by Crippen LogP contribution is -2.12. The second-order valence-corrected chi connectivity index (χ2v) is 8.87. The van der Waals surface area contributed by atoms with Crippen molar-refractivity contribution in [3.05, 3.63) is 79.9 Å². The van der Waals surface area contributed by atoms with Gasteiger partial charge in [-0.1, -0.05) is 57.9 Å². The summed E-state index contributed by atoms with van der Waals surface area (Å²) in [5.74, 6) is -0.208. The normalized spacial score (nSPS) is 11.1. The van der Waals surface area contributed by atoms with E-state index in [1.54, 1.807) is 0 Å². The van der Waals surface area contributed by atoms with E-state index in [0.717, 1.165) is 37.2 Å². The first kappa shape index (κ1) is 19.2. The highest BCUT2D eigenvalue weighted by molar-refractivity contribution is 9.10. The van der Waals surface area contributed by atoms with E-state index in [9.17, 15) is 4.79 Å². The van der Waals surface area contributed by atoms with Gasteiger partial charge in [0.05, 0.1) is 28.6 Å². The van der Waals surface area contributed by atoms with Crippen molar-refractivity contribution in [3.63, 3.8) is 0 Å². The third kappa shape index (κ3) is 3.60. The number of thiophene rings is 1. The fourth-order valence-electron chi connectivity index (χ4n) is 3.12. The summed E-state index contributed by atoms with van der Waals surface area (Å²) in [4.78, 5) is 13.4. The molecule has 7 heteroatoms. The molecule has 0 bridgehead atoms. The number of fused-ring (bicyclic) bond motifs is 1. The first-order chi connectivity index (χ1) is 13.4. The smallest absolute Gasteiger partial charge is 0.267 e. The number of amides is 1. The van der Waals surface area contributed by atoms with E-state index in [1.165, 1.54) is 11.3 Å². The lowest BCUT2D eigenvalue weighted by Gasteiger charge is -2.07. The Morgan fingerprint density at radius 3 is 2.61 bits per heavy atom. The molecule has 2 heterocycles. The topological polar surface area (TPSA) is 46.9 Å². The Bertz CT molecular complexity index is 1180. The van der Waals surface area contributed by atoms with Crippen molar-refractivity contribution in [2.24, 2.45) is 0 Å². The van der Waals surface area contributed by atoms with Crippen LogP contribution < -0.4 is 5.32 Å². The fraction of sp³-hybridized carbons (Fsp3) is 0.143. The molecule has 28 heavy (non-hydrogen) atoms. The number of hydrogen-bond donors (Lipinski definition) is 1. The number of carbonyl (C=O) groups excluding carboxylic acids is 1. The molecule has 0 aliphatic carbocycles. The predicted molar refractivity (Wildman–Crippen MR) is 120 cm³/mol. The zero-order valence-corrected chi connectivity index (χ0v) is 18.5. The van der Waals surface area contributed by atoms with Crippen LogP contribution >= 0.6 is 38.9 Å². The second-order valence-electron chi connectivity index (χ2n) is 6.53. The highest BCUT2D eigenvalue weighted by Crippen LogP contribution is 2.36. The Morgan fingerprint density at radius 2 is 1.89 bits per heavy atom. The van der Waals surface area contributed by atoms with E-state index in [4.69, 9.17) is 11.6 Å². The Kier molecular flexibility index (Phi) is 5.27. The maximum atomic E-state index is 12.9. The number of nitrogens with one attached hydrogen (secondary N) is 1. The number of aryl methyl sites for hydroxylation is 1. The summed E-state index contributed by atoms with van der Waals surface area (Å²) in [5, 5.41) is 9.01. The molecule has 2 aromatic heterocycles. The molecule has 0 unspecified atom stereocenters. The van der Waals surface area contributed by atoms with Gasteiger partial charge in [0, 0.05) is 14.6 Å². The SMILES string of the molecule is Cc1nn(Cc2ccc(Br)cc2)c(C)c1NC(=O)c1sc2ccccc2c1Cl. The molecular weight excluding hydrogens is 458 g/mol. The minimum Gasteiger partial charge on any atom is -0.318 e. The van der Waals surface area contributed by atoms with Crippen LogP contribution in [0.2, 0.25) is 5.02 Å². The van der Waals surface area contributed by atoms with Crippen molar-refractivity contribution in [2.75, 3.05) is 5.32 Å². The number of aromatic nitrogens is 2. The molecule has 1 N–H and O–H groups in total. The Morgan fingerprint density at radius 1 is 1.18 bits per heavy atom. The first-order valence-corrected chi connectivity index (χ1v) is 10.7. The number of halogens is 2. The number of carbonyl (C=O) groups is 1. The van der Waals surface area contributed by atoms with Gasteiger partial charge in [0.25, 0.3) is 5.91 Å². The van der Waals surface area contributed by atoms with Gasteiger partial charge in [-0.15, -0.1) is 11.3 Å². The average Bonchev–Trinajstić information content (AvgIpc) is 3.15. The molecule has 0 radical (unpaired) electrons. The zero-order chi connectivity index (χ0) is 19.8. The minimum absolute atomic E-state index is 0.208. The van der Waals surface area contributed by atoms with Gasteiger partial charge >= 0.3 is 0 Å². The molecule has 0 aliphatic rings. The number of nitrogens with zero attached hydrogens (tertiary/aromatic N) is 2. The van der Waals surface area contributed by atoms with Crippen molar-refractivity contribution < 1.29 is 4.79 Å².